The van der Waals surface area contributed by atoms with Crippen molar-refractivity contribution in [2.24, 2.45) is 0 Å². The summed E-state index contributed by atoms with van der Waals surface area (Å²) in [5, 5.41) is 8.79. The number of amides is 1. The number of unbranched alkanes of at least 4 members (excludes halogenated alkanes) is 1. The molecule has 0 aromatic heterocycles. The lowest BCUT2D eigenvalue weighted by molar-refractivity contribution is -0.137. The van der Waals surface area contributed by atoms with E-state index in [0.29, 0.717) is 21.6 Å². The monoisotopic (exact) mass is 443 g/mol. The van der Waals surface area contributed by atoms with Gasteiger partial charge in [-0.2, -0.15) is 0 Å². The molecule has 1 aliphatic heterocycles. The summed E-state index contributed by atoms with van der Waals surface area (Å²) in [5.74, 6) is -0.528. The molecule has 1 amide bonds. The van der Waals surface area contributed by atoms with E-state index in [1.54, 1.807) is 6.08 Å². The molecule has 0 saturated carbocycles. The minimum absolute atomic E-state index is 0.0790. The van der Waals surface area contributed by atoms with Crippen LogP contribution in [0.4, 0.5) is 0 Å². The Bertz CT molecular complexity index is 721. The molecular weight excluding hydrogens is 426 g/mol. The number of carbonyl (C=O) groups is 2. The Kier molecular flexibility index (Phi) is 7.46. The van der Waals surface area contributed by atoms with E-state index in [1.165, 1.54) is 16.7 Å². The average Bonchev–Trinajstić information content (AvgIpc) is 2.81. The predicted octanol–water partition coefficient (Wildman–Crippen LogP) is 4.30. The van der Waals surface area contributed by atoms with Gasteiger partial charge in [-0.15, -0.1) is 0 Å². The Morgan fingerprint density at radius 2 is 2.24 bits per heavy atom. The minimum atomic E-state index is -0.961. The van der Waals surface area contributed by atoms with Crippen molar-refractivity contribution in [3.8, 4) is 5.75 Å². The average molecular weight is 444 g/mol. The van der Waals surface area contributed by atoms with E-state index in [9.17, 15) is 9.59 Å². The molecule has 0 radical (unpaired) electrons. The smallest absolute Gasteiger partial charge is 0.305 e. The molecule has 1 N–H and O–H groups in total. The largest absolute Gasteiger partial charge is 0.493 e. The summed E-state index contributed by atoms with van der Waals surface area (Å²) in [7, 11) is 0. The number of halogens is 1. The van der Waals surface area contributed by atoms with Gasteiger partial charge in [0.1, 0.15) is 10.1 Å². The molecule has 5 nitrogen and oxygen atoms in total. The highest BCUT2D eigenvalue weighted by molar-refractivity contribution is 9.10. The van der Waals surface area contributed by atoms with Crippen LogP contribution in [0.5, 0.6) is 5.75 Å². The first-order valence-electron chi connectivity index (χ1n) is 7.82. The molecule has 8 heteroatoms. The fourth-order valence-corrected chi connectivity index (χ4v) is 3.81. The summed E-state index contributed by atoms with van der Waals surface area (Å²) in [5.41, 5.74) is 0.782. The maximum Gasteiger partial charge on any atom is 0.305 e. The van der Waals surface area contributed by atoms with E-state index in [1.807, 2.05) is 18.2 Å². The second-order valence-electron chi connectivity index (χ2n) is 5.36. The lowest BCUT2D eigenvalue weighted by Gasteiger charge is -2.12. The number of thioether (sulfide) groups is 1. The summed E-state index contributed by atoms with van der Waals surface area (Å²) >= 11 is 9.81. The standard InChI is InChI=1S/C17H18BrNO4S2/c1-2-3-8-23-13-5-4-12(18)9-11(13)10-14-16(22)19(17(24)25-14)7-6-15(20)21/h4-5,9-10H,2-3,6-8H2,1H3,(H,20,21)/b14-10+. The number of thiocarbonyl (C=S) groups is 1. The molecule has 0 bridgehead atoms. The summed E-state index contributed by atoms with van der Waals surface area (Å²) in [6.45, 7) is 2.78. The first-order chi connectivity index (χ1) is 11.9. The molecule has 134 valence electrons. The van der Waals surface area contributed by atoms with Crippen molar-refractivity contribution in [1.29, 1.82) is 0 Å². The second kappa shape index (κ2) is 9.35. The van der Waals surface area contributed by atoms with E-state index < -0.39 is 5.97 Å². The summed E-state index contributed by atoms with van der Waals surface area (Å²) in [6, 6.07) is 5.62. The van der Waals surface area contributed by atoms with Crippen LogP contribution in [0.15, 0.2) is 27.6 Å². The molecule has 0 atom stereocenters. The molecule has 0 aliphatic carbocycles. The summed E-state index contributed by atoms with van der Waals surface area (Å²) in [6.07, 6.45) is 3.59. The van der Waals surface area contributed by atoms with Crippen LogP contribution < -0.4 is 4.74 Å². The van der Waals surface area contributed by atoms with Gasteiger partial charge in [-0.1, -0.05) is 53.3 Å². The number of carboxylic acids is 1. The lowest BCUT2D eigenvalue weighted by Crippen LogP contribution is -2.30. The van der Waals surface area contributed by atoms with Crippen LogP contribution in [0.2, 0.25) is 0 Å². The van der Waals surface area contributed by atoms with Gasteiger partial charge in [-0.3, -0.25) is 14.5 Å². The Labute approximate surface area is 164 Å². The zero-order valence-electron chi connectivity index (χ0n) is 13.7. The quantitative estimate of drug-likeness (QED) is 0.366. The molecule has 0 unspecified atom stereocenters. The van der Waals surface area contributed by atoms with E-state index in [2.05, 4.69) is 22.9 Å². The highest BCUT2D eigenvalue weighted by Crippen LogP contribution is 2.35. The highest BCUT2D eigenvalue weighted by atomic mass is 79.9. The molecule has 1 aromatic carbocycles. The number of carboxylic acid groups (broad SMARTS) is 1. The van der Waals surface area contributed by atoms with Crippen LogP contribution in [0.25, 0.3) is 6.08 Å². The van der Waals surface area contributed by atoms with Crippen LogP contribution in [-0.2, 0) is 9.59 Å². The molecule has 25 heavy (non-hydrogen) atoms. The van der Waals surface area contributed by atoms with Crippen LogP contribution in [0.1, 0.15) is 31.7 Å². The van der Waals surface area contributed by atoms with Gasteiger partial charge in [0.05, 0.1) is 17.9 Å². The molecule has 2 rings (SSSR count). The van der Waals surface area contributed by atoms with Crippen molar-refractivity contribution in [3.05, 3.63) is 33.1 Å². The van der Waals surface area contributed by atoms with E-state index in [0.717, 1.165) is 22.9 Å². The predicted molar refractivity (Wildman–Crippen MR) is 107 cm³/mol. The number of benzene rings is 1. The Morgan fingerprint density at radius 3 is 2.92 bits per heavy atom. The van der Waals surface area contributed by atoms with Crippen LogP contribution in [0, 0.1) is 0 Å². The van der Waals surface area contributed by atoms with Crippen LogP contribution >= 0.6 is 39.9 Å². The van der Waals surface area contributed by atoms with E-state index in [4.69, 9.17) is 22.1 Å². The van der Waals surface area contributed by atoms with Gasteiger partial charge in [0.25, 0.3) is 5.91 Å². The van der Waals surface area contributed by atoms with Gasteiger partial charge >= 0.3 is 5.97 Å². The molecule has 1 fully saturated rings. The van der Waals surface area contributed by atoms with E-state index in [-0.39, 0.29) is 18.9 Å². The number of hydrogen-bond acceptors (Lipinski definition) is 5. The van der Waals surface area contributed by atoms with Gasteiger partial charge in [-0.25, -0.2) is 0 Å². The molecule has 0 spiro atoms. The number of carbonyl (C=O) groups excluding carboxylic acids is 1. The number of ether oxygens (including phenoxy) is 1. The van der Waals surface area contributed by atoms with Crippen molar-refractivity contribution in [1.82, 2.24) is 4.90 Å². The SMILES string of the molecule is CCCCOc1ccc(Br)cc1/C=C1/SC(=S)N(CCC(=O)O)C1=O. The maximum absolute atomic E-state index is 12.5. The molecule has 1 heterocycles. The van der Waals surface area contributed by atoms with Crippen molar-refractivity contribution in [2.45, 2.75) is 26.2 Å². The van der Waals surface area contributed by atoms with Gasteiger partial charge in [-0.05, 0) is 30.7 Å². The second-order valence-corrected chi connectivity index (χ2v) is 7.95. The highest BCUT2D eigenvalue weighted by Gasteiger charge is 2.32. The van der Waals surface area contributed by atoms with Crippen molar-refractivity contribution >= 4 is 62.2 Å². The normalized spacial score (nSPS) is 15.9. The van der Waals surface area contributed by atoms with Crippen molar-refractivity contribution in [2.75, 3.05) is 13.2 Å². The minimum Gasteiger partial charge on any atom is -0.493 e. The number of nitrogens with zero attached hydrogens (tertiary/aromatic N) is 1. The van der Waals surface area contributed by atoms with Gasteiger partial charge in [0.15, 0.2) is 0 Å². The third-order valence-electron chi connectivity index (χ3n) is 3.44. The number of rotatable bonds is 8. The number of aliphatic carboxylic acids is 1. The zero-order chi connectivity index (χ0) is 18.4. The van der Waals surface area contributed by atoms with Crippen LogP contribution in [-0.4, -0.2) is 39.4 Å². The third kappa shape index (κ3) is 5.55. The summed E-state index contributed by atoms with van der Waals surface area (Å²) < 4.78 is 7.05. The molecule has 1 saturated heterocycles. The summed E-state index contributed by atoms with van der Waals surface area (Å²) in [4.78, 5) is 25.0. The Balaban J connectivity index is 2.21. The Hall–Kier alpha value is -1.38. The number of hydrogen-bond donors (Lipinski definition) is 1. The first-order valence-corrected chi connectivity index (χ1v) is 9.83. The maximum atomic E-state index is 12.5. The molecule has 1 aliphatic rings. The molecule has 1 aromatic rings. The van der Waals surface area contributed by atoms with Crippen molar-refractivity contribution < 1.29 is 19.4 Å². The third-order valence-corrected chi connectivity index (χ3v) is 5.31. The Morgan fingerprint density at radius 1 is 1.48 bits per heavy atom. The topological polar surface area (TPSA) is 66.8 Å². The van der Waals surface area contributed by atoms with E-state index >= 15 is 0 Å². The van der Waals surface area contributed by atoms with Crippen molar-refractivity contribution in [3.63, 3.8) is 0 Å². The van der Waals surface area contributed by atoms with Gasteiger partial charge in [0, 0.05) is 16.6 Å². The van der Waals surface area contributed by atoms with Crippen LogP contribution in [0.3, 0.4) is 0 Å². The zero-order valence-corrected chi connectivity index (χ0v) is 16.9. The van der Waals surface area contributed by atoms with Gasteiger partial charge < -0.3 is 9.84 Å². The fourth-order valence-electron chi connectivity index (χ4n) is 2.13. The van der Waals surface area contributed by atoms with Gasteiger partial charge in [0.2, 0.25) is 0 Å². The lowest BCUT2D eigenvalue weighted by atomic mass is 10.2. The first kappa shape index (κ1) is 19.9. The molecular formula is C17H18BrNO4S2. The fraction of sp³-hybridized carbons (Fsp3) is 0.353.